The van der Waals surface area contributed by atoms with E-state index in [4.69, 9.17) is 11.6 Å². The molecule has 1 N–H and O–H groups in total. The summed E-state index contributed by atoms with van der Waals surface area (Å²) in [6.45, 7) is 0.208. The number of aromatic nitrogens is 4. The van der Waals surface area contributed by atoms with Gasteiger partial charge in [-0.1, -0.05) is 23.7 Å². The fourth-order valence-corrected chi connectivity index (χ4v) is 2.68. The van der Waals surface area contributed by atoms with Crippen molar-refractivity contribution in [2.75, 3.05) is 6.54 Å². The maximum Gasteiger partial charge on any atom is 0.346 e. The van der Waals surface area contributed by atoms with Crippen molar-refractivity contribution in [3.05, 3.63) is 69.5 Å². The molecule has 0 radical (unpaired) electrons. The molecule has 7 nitrogen and oxygen atoms in total. The van der Waals surface area contributed by atoms with Crippen LogP contribution < -0.4 is 11.0 Å². The van der Waals surface area contributed by atoms with E-state index in [0.717, 1.165) is 6.07 Å². The van der Waals surface area contributed by atoms with Gasteiger partial charge in [-0.05, 0) is 24.3 Å². The zero-order valence-electron chi connectivity index (χ0n) is 13.8. The van der Waals surface area contributed by atoms with Crippen LogP contribution in [0.15, 0.2) is 47.4 Å². The van der Waals surface area contributed by atoms with Crippen LogP contribution in [0.2, 0.25) is 5.02 Å². The van der Waals surface area contributed by atoms with Crippen LogP contribution in [-0.2, 0) is 13.6 Å². The molecule has 26 heavy (non-hydrogen) atoms. The molecule has 1 aromatic carbocycles. The highest BCUT2D eigenvalue weighted by atomic mass is 35.5. The topological polar surface area (TPSA) is 81.8 Å². The number of rotatable bonds is 5. The second kappa shape index (κ2) is 7.49. The van der Waals surface area contributed by atoms with Gasteiger partial charge < -0.3 is 5.32 Å². The van der Waals surface area contributed by atoms with Gasteiger partial charge >= 0.3 is 5.69 Å². The number of hydrogen-bond donors (Lipinski definition) is 1. The highest BCUT2D eigenvalue weighted by Crippen LogP contribution is 2.18. The van der Waals surface area contributed by atoms with Gasteiger partial charge in [-0.25, -0.2) is 13.9 Å². The Balaban J connectivity index is 1.71. The SMILES string of the molecule is Cn1c(-c2ccccn2)nn(CCNC(=O)c2c(F)cccc2Cl)c1=O. The molecule has 0 aliphatic carbocycles. The third kappa shape index (κ3) is 3.50. The van der Waals surface area contributed by atoms with E-state index in [9.17, 15) is 14.0 Å². The first-order chi connectivity index (χ1) is 12.5. The van der Waals surface area contributed by atoms with E-state index >= 15 is 0 Å². The molecule has 0 atom stereocenters. The average Bonchev–Trinajstić information content (AvgIpc) is 2.91. The van der Waals surface area contributed by atoms with E-state index in [2.05, 4.69) is 15.4 Å². The molecule has 1 amide bonds. The standard InChI is InChI=1S/C17H15ClFN5O2/c1-23-15(13-7-2-3-8-20-13)22-24(17(23)26)10-9-21-16(25)14-11(18)5-4-6-12(14)19/h2-8H,9-10H2,1H3,(H,21,25). The quantitative estimate of drug-likeness (QED) is 0.738. The van der Waals surface area contributed by atoms with Gasteiger partial charge in [0.2, 0.25) is 0 Å². The molecule has 0 saturated heterocycles. The van der Waals surface area contributed by atoms with Crippen LogP contribution in [-0.4, -0.2) is 31.8 Å². The minimum Gasteiger partial charge on any atom is -0.350 e. The minimum absolute atomic E-state index is 0.0231. The first kappa shape index (κ1) is 17.8. The molecule has 2 aromatic heterocycles. The molecule has 3 aromatic rings. The fraction of sp³-hybridized carbons (Fsp3) is 0.176. The lowest BCUT2D eigenvalue weighted by molar-refractivity contribution is 0.0948. The highest BCUT2D eigenvalue weighted by molar-refractivity contribution is 6.33. The Morgan fingerprint density at radius 3 is 2.77 bits per heavy atom. The maximum atomic E-state index is 13.7. The van der Waals surface area contributed by atoms with E-state index in [0.29, 0.717) is 11.5 Å². The maximum absolute atomic E-state index is 13.7. The summed E-state index contributed by atoms with van der Waals surface area (Å²) < 4.78 is 16.3. The Labute approximate surface area is 153 Å². The van der Waals surface area contributed by atoms with Gasteiger partial charge in [-0.3, -0.25) is 14.3 Å². The summed E-state index contributed by atoms with van der Waals surface area (Å²) in [5.41, 5.74) is -0.00596. The predicted molar refractivity (Wildman–Crippen MR) is 94.4 cm³/mol. The first-order valence-electron chi connectivity index (χ1n) is 7.76. The fourth-order valence-electron chi connectivity index (χ4n) is 2.43. The van der Waals surface area contributed by atoms with Crippen molar-refractivity contribution in [2.24, 2.45) is 7.05 Å². The molecule has 0 unspecified atom stereocenters. The van der Waals surface area contributed by atoms with Crippen LogP contribution in [0, 0.1) is 5.82 Å². The number of amides is 1. The molecular weight excluding hydrogens is 361 g/mol. The Bertz CT molecular complexity index is 980. The molecule has 0 fully saturated rings. The molecule has 0 saturated carbocycles. The van der Waals surface area contributed by atoms with Crippen molar-refractivity contribution in [3.63, 3.8) is 0 Å². The van der Waals surface area contributed by atoms with Gasteiger partial charge in [-0.15, -0.1) is 5.10 Å². The number of nitrogens with zero attached hydrogens (tertiary/aromatic N) is 4. The number of carbonyl (C=O) groups is 1. The third-order valence-electron chi connectivity index (χ3n) is 3.73. The van der Waals surface area contributed by atoms with Gasteiger partial charge in [0.1, 0.15) is 11.5 Å². The van der Waals surface area contributed by atoms with Crippen LogP contribution in [0.4, 0.5) is 4.39 Å². The van der Waals surface area contributed by atoms with Crippen LogP contribution >= 0.6 is 11.6 Å². The molecule has 9 heteroatoms. The Morgan fingerprint density at radius 2 is 2.08 bits per heavy atom. The number of carbonyl (C=O) groups excluding carboxylic acids is 1. The number of pyridine rings is 1. The largest absolute Gasteiger partial charge is 0.350 e. The Hall–Kier alpha value is -3.00. The van der Waals surface area contributed by atoms with E-state index in [1.54, 1.807) is 31.4 Å². The third-order valence-corrected chi connectivity index (χ3v) is 4.05. The Morgan fingerprint density at radius 1 is 1.27 bits per heavy atom. The first-order valence-corrected chi connectivity index (χ1v) is 8.14. The van der Waals surface area contributed by atoms with Crippen LogP contribution in [0.1, 0.15) is 10.4 Å². The second-order valence-corrected chi connectivity index (χ2v) is 5.86. The van der Waals surface area contributed by atoms with Crippen LogP contribution in [0.5, 0.6) is 0 Å². The van der Waals surface area contributed by atoms with E-state index < -0.39 is 11.7 Å². The van der Waals surface area contributed by atoms with Crippen molar-refractivity contribution in [1.29, 1.82) is 0 Å². The van der Waals surface area contributed by atoms with Gasteiger partial charge in [0.05, 0.1) is 17.1 Å². The molecule has 2 heterocycles. The minimum atomic E-state index is -0.706. The summed E-state index contributed by atoms with van der Waals surface area (Å²) in [6, 6.07) is 9.31. The van der Waals surface area contributed by atoms with Crippen LogP contribution in [0.3, 0.4) is 0 Å². The highest BCUT2D eigenvalue weighted by Gasteiger charge is 2.16. The predicted octanol–water partition coefficient (Wildman–Crippen LogP) is 1.87. The number of hydrogen-bond acceptors (Lipinski definition) is 4. The zero-order valence-corrected chi connectivity index (χ0v) is 14.6. The summed E-state index contributed by atoms with van der Waals surface area (Å²) in [7, 11) is 1.59. The molecular formula is C17H15ClFN5O2. The van der Waals surface area contributed by atoms with E-state index in [-0.39, 0.29) is 29.4 Å². The molecule has 134 valence electrons. The van der Waals surface area contributed by atoms with E-state index in [1.165, 1.54) is 21.4 Å². The smallest absolute Gasteiger partial charge is 0.346 e. The zero-order chi connectivity index (χ0) is 18.7. The van der Waals surface area contributed by atoms with Crippen molar-refractivity contribution in [2.45, 2.75) is 6.54 Å². The molecule has 0 aliphatic rings. The van der Waals surface area contributed by atoms with Crippen molar-refractivity contribution in [1.82, 2.24) is 24.6 Å². The average molecular weight is 376 g/mol. The van der Waals surface area contributed by atoms with Gasteiger partial charge in [-0.2, -0.15) is 0 Å². The normalized spacial score (nSPS) is 10.7. The summed E-state index contributed by atoms with van der Waals surface area (Å²) in [5, 5.41) is 6.80. The lowest BCUT2D eigenvalue weighted by atomic mass is 10.2. The number of halogens is 2. The summed E-state index contributed by atoms with van der Waals surface area (Å²) >= 11 is 5.86. The van der Waals surface area contributed by atoms with Crippen molar-refractivity contribution >= 4 is 17.5 Å². The van der Waals surface area contributed by atoms with Gasteiger partial charge in [0, 0.05) is 19.8 Å². The summed E-state index contributed by atoms with van der Waals surface area (Å²) in [5.74, 6) is -0.941. The lowest BCUT2D eigenvalue weighted by Gasteiger charge is -2.07. The number of nitrogens with one attached hydrogen (secondary N) is 1. The van der Waals surface area contributed by atoms with E-state index in [1.807, 2.05) is 0 Å². The molecule has 0 bridgehead atoms. The number of benzene rings is 1. The monoisotopic (exact) mass is 375 g/mol. The Kier molecular flexibility index (Phi) is 5.13. The summed E-state index contributed by atoms with van der Waals surface area (Å²) in [4.78, 5) is 28.5. The van der Waals surface area contributed by atoms with Crippen molar-refractivity contribution < 1.29 is 9.18 Å². The lowest BCUT2D eigenvalue weighted by Crippen LogP contribution is -2.32. The van der Waals surface area contributed by atoms with Gasteiger partial charge in [0.15, 0.2) is 5.82 Å². The van der Waals surface area contributed by atoms with Crippen molar-refractivity contribution in [3.8, 4) is 11.5 Å². The molecule has 0 aliphatic heterocycles. The molecule has 0 spiro atoms. The second-order valence-electron chi connectivity index (χ2n) is 5.46. The molecule has 3 rings (SSSR count). The van der Waals surface area contributed by atoms with Crippen LogP contribution in [0.25, 0.3) is 11.5 Å². The van der Waals surface area contributed by atoms with Gasteiger partial charge in [0.25, 0.3) is 5.91 Å². The summed E-state index contributed by atoms with van der Waals surface area (Å²) in [6.07, 6.45) is 1.61.